The summed E-state index contributed by atoms with van der Waals surface area (Å²) in [6.07, 6.45) is 4.63. The van der Waals surface area contributed by atoms with E-state index in [1.807, 2.05) is 0 Å². The summed E-state index contributed by atoms with van der Waals surface area (Å²) in [7, 11) is 3.09. The number of benzene rings is 1. The van der Waals surface area contributed by atoms with Crippen LogP contribution in [0.15, 0.2) is 47.1 Å². The van der Waals surface area contributed by atoms with Crippen LogP contribution in [0.3, 0.4) is 0 Å². The molecule has 19 heavy (non-hydrogen) atoms. The van der Waals surface area contributed by atoms with E-state index in [1.54, 1.807) is 56.9 Å². The van der Waals surface area contributed by atoms with Crippen molar-refractivity contribution in [3.63, 3.8) is 0 Å². The van der Waals surface area contributed by atoms with Crippen molar-refractivity contribution < 1.29 is 18.7 Å². The van der Waals surface area contributed by atoms with E-state index in [1.165, 1.54) is 6.08 Å². The number of rotatable bonds is 5. The maximum atomic E-state index is 12.0. The van der Waals surface area contributed by atoms with Crippen molar-refractivity contribution in [3.8, 4) is 11.5 Å². The minimum absolute atomic E-state index is 0.145. The molecule has 0 aliphatic rings. The lowest BCUT2D eigenvalue weighted by Crippen LogP contribution is -1.97. The van der Waals surface area contributed by atoms with Crippen LogP contribution >= 0.6 is 0 Å². The van der Waals surface area contributed by atoms with Crippen molar-refractivity contribution in [1.29, 1.82) is 0 Å². The van der Waals surface area contributed by atoms with E-state index in [4.69, 9.17) is 13.9 Å². The van der Waals surface area contributed by atoms with Crippen molar-refractivity contribution >= 4 is 11.9 Å². The van der Waals surface area contributed by atoms with E-state index >= 15 is 0 Å². The largest absolute Gasteiger partial charge is 0.497 e. The van der Waals surface area contributed by atoms with E-state index in [2.05, 4.69) is 0 Å². The van der Waals surface area contributed by atoms with Crippen LogP contribution in [0.1, 0.15) is 16.1 Å². The first-order chi connectivity index (χ1) is 9.22. The predicted molar refractivity (Wildman–Crippen MR) is 71.6 cm³/mol. The summed E-state index contributed by atoms with van der Waals surface area (Å²) < 4.78 is 15.4. The number of ether oxygens (including phenoxy) is 2. The van der Waals surface area contributed by atoms with Gasteiger partial charge in [0.2, 0.25) is 0 Å². The van der Waals surface area contributed by atoms with Gasteiger partial charge in [0, 0.05) is 11.6 Å². The number of ketones is 1. The topological polar surface area (TPSA) is 48.7 Å². The molecule has 1 aromatic heterocycles. The molecule has 4 heteroatoms. The summed E-state index contributed by atoms with van der Waals surface area (Å²) in [6.45, 7) is 0. The monoisotopic (exact) mass is 258 g/mol. The Balaban J connectivity index is 2.23. The van der Waals surface area contributed by atoms with Gasteiger partial charge < -0.3 is 13.9 Å². The maximum absolute atomic E-state index is 12.0. The molecule has 0 saturated heterocycles. The van der Waals surface area contributed by atoms with E-state index in [9.17, 15) is 4.79 Å². The lowest BCUT2D eigenvalue weighted by atomic mass is 10.1. The minimum atomic E-state index is -0.145. The number of carbonyl (C=O) groups excluding carboxylic acids is 1. The summed E-state index contributed by atoms with van der Waals surface area (Å²) in [4.78, 5) is 12.0. The third-order valence-electron chi connectivity index (χ3n) is 2.58. The van der Waals surface area contributed by atoms with Crippen LogP contribution in [0.4, 0.5) is 0 Å². The average Bonchev–Trinajstić information content (AvgIpc) is 2.97. The molecule has 4 nitrogen and oxygen atoms in total. The van der Waals surface area contributed by atoms with Gasteiger partial charge in [-0.2, -0.15) is 0 Å². The first-order valence-corrected chi connectivity index (χ1v) is 5.72. The van der Waals surface area contributed by atoms with Crippen molar-refractivity contribution in [1.82, 2.24) is 0 Å². The predicted octanol–water partition coefficient (Wildman–Crippen LogP) is 3.19. The van der Waals surface area contributed by atoms with Crippen molar-refractivity contribution in [3.05, 3.63) is 54.0 Å². The molecule has 0 radical (unpaired) electrons. The van der Waals surface area contributed by atoms with E-state index in [0.717, 1.165) is 0 Å². The molecule has 2 rings (SSSR count). The molecule has 0 fully saturated rings. The number of allylic oxidation sites excluding steroid dienone is 1. The van der Waals surface area contributed by atoms with Gasteiger partial charge in [0.05, 0.1) is 20.5 Å². The van der Waals surface area contributed by atoms with Gasteiger partial charge in [0.1, 0.15) is 17.3 Å². The number of hydrogen-bond donors (Lipinski definition) is 0. The van der Waals surface area contributed by atoms with Gasteiger partial charge in [0.25, 0.3) is 0 Å². The SMILES string of the molecule is COc1cc(OC)cc(C(=O)/C=C/c2ccco2)c1. The van der Waals surface area contributed by atoms with Gasteiger partial charge in [-0.3, -0.25) is 4.79 Å². The van der Waals surface area contributed by atoms with Gasteiger partial charge in [-0.1, -0.05) is 0 Å². The minimum Gasteiger partial charge on any atom is -0.497 e. The van der Waals surface area contributed by atoms with Gasteiger partial charge in [-0.25, -0.2) is 0 Å². The van der Waals surface area contributed by atoms with Crippen LogP contribution in [-0.4, -0.2) is 20.0 Å². The Morgan fingerprint density at radius 1 is 1.16 bits per heavy atom. The van der Waals surface area contributed by atoms with Gasteiger partial charge in [-0.15, -0.1) is 0 Å². The molecule has 0 aliphatic carbocycles. The molecule has 1 aromatic carbocycles. The highest BCUT2D eigenvalue weighted by Crippen LogP contribution is 2.23. The van der Waals surface area contributed by atoms with Crippen LogP contribution in [0, 0.1) is 0 Å². The molecule has 0 N–H and O–H groups in total. The van der Waals surface area contributed by atoms with E-state index in [0.29, 0.717) is 22.8 Å². The average molecular weight is 258 g/mol. The molecular weight excluding hydrogens is 244 g/mol. The molecule has 0 spiro atoms. The zero-order valence-electron chi connectivity index (χ0n) is 10.8. The third-order valence-corrected chi connectivity index (χ3v) is 2.58. The van der Waals surface area contributed by atoms with Crippen LogP contribution in [-0.2, 0) is 0 Å². The molecule has 0 atom stereocenters. The molecule has 0 unspecified atom stereocenters. The molecule has 0 amide bonds. The summed E-state index contributed by atoms with van der Waals surface area (Å²) in [5, 5.41) is 0. The van der Waals surface area contributed by atoms with Crippen molar-refractivity contribution in [2.24, 2.45) is 0 Å². The molecule has 0 bridgehead atoms. The fourth-order valence-corrected chi connectivity index (χ4v) is 1.59. The Kier molecular flexibility index (Phi) is 4.03. The van der Waals surface area contributed by atoms with Crippen LogP contribution in [0.2, 0.25) is 0 Å². The maximum Gasteiger partial charge on any atom is 0.186 e. The lowest BCUT2D eigenvalue weighted by molar-refractivity contribution is 0.104. The number of hydrogen-bond acceptors (Lipinski definition) is 4. The summed E-state index contributed by atoms with van der Waals surface area (Å²) in [6, 6.07) is 8.58. The second-order valence-corrected chi connectivity index (χ2v) is 3.81. The first kappa shape index (κ1) is 13.0. The fourth-order valence-electron chi connectivity index (χ4n) is 1.59. The summed E-state index contributed by atoms with van der Waals surface area (Å²) in [5.74, 6) is 1.64. The van der Waals surface area contributed by atoms with Gasteiger partial charge in [-0.05, 0) is 36.4 Å². The second-order valence-electron chi connectivity index (χ2n) is 3.81. The molecule has 0 saturated carbocycles. The molecule has 0 aliphatic heterocycles. The Bertz CT molecular complexity index is 560. The second kappa shape index (κ2) is 5.91. The van der Waals surface area contributed by atoms with Crippen molar-refractivity contribution in [2.75, 3.05) is 14.2 Å². The normalized spacial score (nSPS) is 10.6. The Morgan fingerprint density at radius 3 is 2.37 bits per heavy atom. The van der Waals surface area contributed by atoms with E-state index in [-0.39, 0.29) is 5.78 Å². The highest BCUT2D eigenvalue weighted by molar-refractivity contribution is 6.07. The number of furan rings is 1. The Labute approximate surface area is 111 Å². The standard InChI is InChI=1S/C15H14O4/c1-17-13-8-11(9-14(10-13)18-2)15(16)6-5-12-4-3-7-19-12/h3-10H,1-2H3/b6-5+. The van der Waals surface area contributed by atoms with Gasteiger partial charge in [0.15, 0.2) is 5.78 Å². The smallest absolute Gasteiger partial charge is 0.186 e. The van der Waals surface area contributed by atoms with Crippen LogP contribution < -0.4 is 9.47 Å². The quantitative estimate of drug-likeness (QED) is 0.610. The van der Waals surface area contributed by atoms with Crippen LogP contribution in [0.25, 0.3) is 6.08 Å². The zero-order valence-corrected chi connectivity index (χ0v) is 10.8. The zero-order chi connectivity index (χ0) is 13.7. The molecule has 98 valence electrons. The van der Waals surface area contributed by atoms with Crippen LogP contribution in [0.5, 0.6) is 11.5 Å². The van der Waals surface area contributed by atoms with E-state index < -0.39 is 0 Å². The molecule has 2 aromatic rings. The lowest BCUT2D eigenvalue weighted by Gasteiger charge is -2.06. The summed E-state index contributed by atoms with van der Waals surface area (Å²) >= 11 is 0. The van der Waals surface area contributed by atoms with Gasteiger partial charge >= 0.3 is 0 Å². The Morgan fingerprint density at radius 2 is 1.84 bits per heavy atom. The third kappa shape index (κ3) is 3.25. The fraction of sp³-hybridized carbons (Fsp3) is 0.133. The van der Waals surface area contributed by atoms with Crippen molar-refractivity contribution in [2.45, 2.75) is 0 Å². The number of methoxy groups -OCH3 is 2. The number of carbonyl (C=O) groups is 1. The highest BCUT2D eigenvalue weighted by atomic mass is 16.5. The summed E-state index contributed by atoms with van der Waals surface area (Å²) in [5.41, 5.74) is 0.499. The Hall–Kier alpha value is -2.49. The highest BCUT2D eigenvalue weighted by Gasteiger charge is 2.07. The molecule has 1 heterocycles. The first-order valence-electron chi connectivity index (χ1n) is 5.72. The molecular formula is C15H14O4.